The molecule has 7 nitrogen and oxygen atoms in total. The lowest BCUT2D eigenvalue weighted by Gasteiger charge is -2.26. The van der Waals surface area contributed by atoms with Gasteiger partial charge in [0.2, 0.25) is 0 Å². The van der Waals surface area contributed by atoms with E-state index in [2.05, 4.69) is 10.1 Å². The average molecular weight is 411 g/mol. The summed E-state index contributed by atoms with van der Waals surface area (Å²) in [6, 6.07) is 11.3. The van der Waals surface area contributed by atoms with Gasteiger partial charge < -0.3 is 24.3 Å². The predicted octanol–water partition coefficient (Wildman–Crippen LogP) is 2.70. The van der Waals surface area contributed by atoms with Gasteiger partial charge in [0.25, 0.3) is 5.91 Å². The minimum Gasteiger partial charge on any atom is -0.486 e. The normalized spacial score (nSPS) is 15.3. The van der Waals surface area contributed by atoms with Crippen molar-refractivity contribution in [3.05, 3.63) is 54.1 Å². The molecule has 0 saturated heterocycles. The molecule has 1 amide bonds. The zero-order chi connectivity index (χ0) is 20.9. The van der Waals surface area contributed by atoms with E-state index in [1.54, 1.807) is 18.2 Å². The van der Waals surface area contributed by atoms with E-state index in [1.807, 2.05) is 6.07 Å². The first-order valence-corrected chi connectivity index (χ1v) is 8.48. The Hall–Kier alpha value is -3.43. The van der Waals surface area contributed by atoms with Crippen molar-refractivity contribution in [1.82, 2.24) is 5.32 Å². The molecular weight excluding hydrogens is 395 g/mol. The molecule has 0 aliphatic carbocycles. The quantitative estimate of drug-likeness (QED) is 0.736. The maximum Gasteiger partial charge on any atom is 0.573 e. The molecule has 0 radical (unpaired) electrons. The highest BCUT2D eigenvalue weighted by atomic mass is 19.4. The van der Waals surface area contributed by atoms with Crippen LogP contribution in [-0.2, 0) is 9.53 Å². The lowest BCUT2D eigenvalue weighted by atomic mass is 10.2. The zero-order valence-corrected chi connectivity index (χ0v) is 14.9. The summed E-state index contributed by atoms with van der Waals surface area (Å²) in [7, 11) is 0. The van der Waals surface area contributed by atoms with E-state index in [9.17, 15) is 22.8 Å². The summed E-state index contributed by atoms with van der Waals surface area (Å²) < 4.78 is 56.1. The Labute approximate surface area is 163 Å². The lowest BCUT2D eigenvalue weighted by Crippen LogP contribution is -2.42. The van der Waals surface area contributed by atoms with Gasteiger partial charge >= 0.3 is 12.3 Å². The summed E-state index contributed by atoms with van der Waals surface area (Å²) in [6.45, 7) is -0.151. The number of hydrogen-bond acceptors (Lipinski definition) is 6. The van der Waals surface area contributed by atoms with Crippen LogP contribution in [0.25, 0.3) is 0 Å². The van der Waals surface area contributed by atoms with Crippen LogP contribution in [0.2, 0.25) is 0 Å². The highest BCUT2D eigenvalue weighted by Gasteiger charge is 2.31. The number of ether oxygens (including phenoxy) is 4. The van der Waals surface area contributed by atoms with Crippen molar-refractivity contribution in [1.29, 1.82) is 0 Å². The molecule has 1 aliphatic rings. The minimum absolute atomic E-state index is 0.0204. The molecule has 3 rings (SSSR count). The van der Waals surface area contributed by atoms with Gasteiger partial charge in [-0.05, 0) is 36.4 Å². The number of hydrogen-bond donors (Lipinski definition) is 1. The van der Waals surface area contributed by atoms with Crippen molar-refractivity contribution >= 4 is 11.9 Å². The first-order valence-electron chi connectivity index (χ1n) is 8.48. The number of halogens is 3. The SMILES string of the molecule is O=C(COC(=O)c1ccc(OC(F)(F)F)cc1)NCC1COc2ccccc2O1. The summed E-state index contributed by atoms with van der Waals surface area (Å²) in [5.74, 6) is -0.691. The Morgan fingerprint density at radius 3 is 2.45 bits per heavy atom. The molecule has 1 N–H and O–H groups in total. The zero-order valence-electron chi connectivity index (χ0n) is 14.9. The number of alkyl halides is 3. The number of carbonyl (C=O) groups is 2. The van der Waals surface area contributed by atoms with Gasteiger partial charge in [-0.2, -0.15) is 0 Å². The topological polar surface area (TPSA) is 83.1 Å². The van der Waals surface area contributed by atoms with Crippen LogP contribution < -0.4 is 19.5 Å². The number of rotatable bonds is 6. The lowest BCUT2D eigenvalue weighted by molar-refractivity contribution is -0.274. The van der Waals surface area contributed by atoms with Crippen LogP contribution in [0.5, 0.6) is 17.2 Å². The fraction of sp³-hybridized carbons (Fsp3) is 0.263. The summed E-state index contributed by atoms with van der Waals surface area (Å²) in [4.78, 5) is 23.7. The van der Waals surface area contributed by atoms with Crippen LogP contribution >= 0.6 is 0 Å². The van der Waals surface area contributed by atoms with Crippen LogP contribution in [-0.4, -0.2) is 44.1 Å². The molecule has 0 bridgehead atoms. The van der Waals surface area contributed by atoms with Crippen molar-refractivity contribution < 1.29 is 41.7 Å². The molecule has 154 valence electrons. The Morgan fingerprint density at radius 1 is 1.07 bits per heavy atom. The van der Waals surface area contributed by atoms with Gasteiger partial charge in [0, 0.05) is 0 Å². The first kappa shape index (κ1) is 20.3. The van der Waals surface area contributed by atoms with Gasteiger partial charge in [0.1, 0.15) is 18.5 Å². The molecule has 1 atom stereocenters. The van der Waals surface area contributed by atoms with Gasteiger partial charge in [0.05, 0.1) is 12.1 Å². The molecule has 1 unspecified atom stereocenters. The van der Waals surface area contributed by atoms with E-state index >= 15 is 0 Å². The molecule has 0 spiro atoms. The smallest absolute Gasteiger partial charge is 0.486 e. The third kappa shape index (κ3) is 6.03. The van der Waals surface area contributed by atoms with Gasteiger partial charge in [-0.1, -0.05) is 12.1 Å². The second kappa shape index (κ2) is 8.72. The molecule has 1 aliphatic heterocycles. The number of amides is 1. The maximum absolute atomic E-state index is 12.1. The molecule has 2 aromatic rings. The second-order valence-corrected chi connectivity index (χ2v) is 5.95. The van der Waals surface area contributed by atoms with Gasteiger partial charge in [0.15, 0.2) is 18.1 Å². The monoisotopic (exact) mass is 411 g/mol. The van der Waals surface area contributed by atoms with E-state index in [0.29, 0.717) is 11.5 Å². The van der Waals surface area contributed by atoms with Crippen LogP contribution in [0.15, 0.2) is 48.5 Å². The van der Waals surface area contributed by atoms with Crippen LogP contribution in [0, 0.1) is 0 Å². The minimum atomic E-state index is -4.82. The number of benzene rings is 2. The second-order valence-electron chi connectivity index (χ2n) is 5.95. The molecule has 29 heavy (non-hydrogen) atoms. The highest BCUT2D eigenvalue weighted by Crippen LogP contribution is 2.30. The molecule has 2 aromatic carbocycles. The van der Waals surface area contributed by atoms with Crippen molar-refractivity contribution in [2.24, 2.45) is 0 Å². The number of nitrogens with one attached hydrogen (secondary N) is 1. The number of esters is 1. The van der Waals surface area contributed by atoms with Gasteiger partial charge in [-0.15, -0.1) is 13.2 Å². The molecular formula is C19H16F3NO6. The fourth-order valence-corrected chi connectivity index (χ4v) is 2.45. The number of para-hydroxylation sites is 2. The predicted molar refractivity (Wildman–Crippen MR) is 92.8 cm³/mol. The van der Waals surface area contributed by atoms with E-state index in [4.69, 9.17) is 14.2 Å². The van der Waals surface area contributed by atoms with E-state index in [-0.39, 0.29) is 18.7 Å². The molecule has 0 saturated carbocycles. The Balaban J connectivity index is 1.41. The number of fused-ring (bicyclic) bond motifs is 1. The first-order chi connectivity index (χ1) is 13.8. The third-order valence-corrected chi connectivity index (χ3v) is 3.75. The van der Waals surface area contributed by atoms with E-state index in [0.717, 1.165) is 24.3 Å². The summed E-state index contributed by atoms with van der Waals surface area (Å²) >= 11 is 0. The number of carbonyl (C=O) groups excluding carboxylic acids is 2. The van der Waals surface area contributed by atoms with Gasteiger partial charge in [-0.3, -0.25) is 4.79 Å². The molecule has 0 aromatic heterocycles. The third-order valence-electron chi connectivity index (χ3n) is 3.75. The maximum atomic E-state index is 12.1. The van der Waals surface area contributed by atoms with E-state index < -0.39 is 36.7 Å². The molecule has 0 fully saturated rings. The van der Waals surface area contributed by atoms with E-state index in [1.165, 1.54) is 0 Å². The van der Waals surface area contributed by atoms with Crippen molar-refractivity contribution in [3.8, 4) is 17.2 Å². The van der Waals surface area contributed by atoms with Crippen molar-refractivity contribution in [2.45, 2.75) is 12.5 Å². The fourth-order valence-electron chi connectivity index (χ4n) is 2.45. The largest absolute Gasteiger partial charge is 0.573 e. The summed E-state index contributed by atoms with van der Waals surface area (Å²) in [5.41, 5.74) is -0.0204. The van der Waals surface area contributed by atoms with Gasteiger partial charge in [-0.25, -0.2) is 4.79 Å². The van der Waals surface area contributed by atoms with Crippen molar-refractivity contribution in [3.63, 3.8) is 0 Å². The Morgan fingerprint density at radius 2 is 1.76 bits per heavy atom. The summed E-state index contributed by atoms with van der Waals surface area (Å²) in [6.07, 6.45) is -5.22. The van der Waals surface area contributed by atoms with Crippen LogP contribution in [0.3, 0.4) is 0 Å². The summed E-state index contributed by atoms with van der Waals surface area (Å²) in [5, 5.41) is 2.56. The highest BCUT2D eigenvalue weighted by molar-refractivity contribution is 5.91. The molecule has 1 heterocycles. The average Bonchev–Trinajstić information content (AvgIpc) is 2.69. The Bertz CT molecular complexity index is 869. The standard InChI is InChI=1S/C19H16F3NO6/c20-19(21,22)29-13-7-5-12(6-8-13)18(25)27-11-17(24)23-9-14-10-26-15-3-1-2-4-16(15)28-14/h1-8,14H,9-11H2,(H,23,24). The van der Waals surface area contributed by atoms with Crippen LogP contribution in [0.1, 0.15) is 10.4 Å². The van der Waals surface area contributed by atoms with Crippen LogP contribution in [0.4, 0.5) is 13.2 Å². The van der Waals surface area contributed by atoms with Crippen molar-refractivity contribution in [2.75, 3.05) is 19.8 Å². The Kier molecular flexibility index (Phi) is 6.10. The molecule has 10 heteroatoms.